The minimum absolute atomic E-state index is 0.156. The summed E-state index contributed by atoms with van der Waals surface area (Å²) in [5, 5.41) is 8.29. The van der Waals surface area contributed by atoms with Crippen molar-refractivity contribution < 1.29 is 8.42 Å². The smallest absolute Gasteiger partial charge is 0.238 e. The monoisotopic (exact) mass is 361 g/mol. The number of rotatable bonds is 3. The highest BCUT2D eigenvalue weighted by molar-refractivity contribution is 7.89. The van der Waals surface area contributed by atoms with Gasteiger partial charge in [0.2, 0.25) is 10.0 Å². The molecule has 0 fully saturated rings. The number of hydrogen-bond acceptors (Lipinski definition) is 4. The van der Waals surface area contributed by atoms with Crippen LogP contribution < -0.4 is 10.5 Å². The van der Waals surface area contributed by atoms with Crippen LogP contribution in [0, 0.1) is 6.92 Å². The van der Waals surface area contributed by atoms with Crippen molar-refractivity contribution in [1.82, 2.24) is 4.98 Å². The van der Waals surface area contributed by atoms with Gasteiger partial charge in [0.05, 0.1) is 4.90 Å². The Bertz CT molecular complexity index is 787. The molecule has 0 amide bonds. The molecule has 2 heterocycles. The third kappa shape index (κ3) is 6.14. The Morgan fingerprint density at radius 1 is 1.12 bits per heavy atom. The Hall–Kier alpha value is -1.92. The van der Waals surface area contributed by atoms with Crippen LogP contribution in [0.25, 0.3) is 0 Å². The van der Waals surface area contributed by atoms with Gasteiger partial charge in [0.15, 0.2) is 0 Å². The lowest BCUT2D eigenvalue weighted by molar-refractivity contribution is 0.598. The third-order valence-corrected chi connectivity index (χ3v) is 4.99. The quantitative estimate of drug-likeness (QED) is 0.877. The lowest BCUT2D eigenvalue weighted by atomic mass is 10.1. The largest absolute Gasteiger partial charge is 0.370 e. The van der Waals surface area contributed by atoms with Crippen molar-refractivity contribution in [2.45, 2.75) is 50.8 Å². The molecule has 0 bridgehead atoms. The normalized spacial score (nSPS) is 13.7. The first-order valence-corrected chi connectivity index (χ1v) is 10.3. The van der Waals surface area contributed by atoms with Gasteiger partial charge in [-0.15, -0.1) is 0 Å². The zero-order valence-corrected chi connectivity index (χ0v) is 15.8. The summed E-state index contributed by atoms with van der Waals surface area (Å²) in [5.74, 6) is 1.13. The van der Waals surface area contributed by atoms with E-state index in [1.54, 1.807) is 12.1 Å². The summed E-state index contributed by atoms with van der Waals surface area (Å²) in [4.78, 5) is 4.81. The Labute approximate surface area is 150 Å². The van der Waals surface area contributed by atoms with Crippen molar-refractivity contribution in [2.24, 2.45) is 5.14 Å². The van der Waals surface area contributed by atoms with Gasteiger partial charge in [-0.3, -0.25) is 0 Å². The number of nitrogens with one attached hydrogen (secondary N) is 1. The second-order valence-corrected chi connectivity index (χ2v) is 7.86. The molecule has 0 spiro atoms. The van der Waals surface area contributed by atoms with E-state index in [9.17, 15) is 8.42 Å². The molecule has 25 heavy (non-hydrogen) atoms. The number of anilines is 1. The van der Waals surface area contributed by atoms with Crippen molar-refractivity contribution in [3.8, 4) is 0 Å². The minimum Gasteiger partial charge on any atom is -0.370 e. The minimum atomic E-state index is -3.52. The number of nitrogens with two attached hydrogens (primary N) is 1. The Kier molecular flexibility index (Phi) is 6.96. The summed E-state index contributed by atoms with van der Waals surface area (Å²) in [6, 6.07) is 10.8. The van der Waals surface area contributed by atoms with E-state index in [4.69, 9.17) is 5.14 Å². The number of primary sulfonamides is 1. The molecule has 0 saturated heterocycles. The fraction of sp³-hybridized carbons (Fsp3) is 0.421. The summed E-state index contributed by atoms with van der Waals surface area (Å²) in [5.41, 5.74) is 3.63. The van der Waals surface area contributed by atoms with E-state index in [0.717, 1.165) is 24.3 Å². The molecule has 0 radical (unpaired) electrons. The lowest BCUT2D eigenvalue weighted by Gasteiger charge is -2.08. The van der Waals surface area contributed by atoms with Crippen LogP contribution in [0.15, 0.2) is 41.3 Å². The van der Waals surface area contributed by atoms with Crippen molar-refractivity contribution in [3.05, 3.63) is 53.2 Å². The summed E-state index contributed by atoms with van der Waals surface area (Å²) < 4.78 is 21.4. The highest BCUT2D eigenvalue weighted by atomic mass is 32.2. The van der Waals surface area contributed by atoms with E-state index in [-0.39, 0.29) is 4.90 Å². The molecule has 136 valence electrons. The van der Waals surface area contributed by atoms with Crippen molar-refractivity contribution in [1.29, 1.82) is 0 Å². The predicted octanol–water partition coefficient (Wildman–Crippen LogP) is 3.42. The summed E-state index contributed by atoms with van der Waals surface area (Å²) in [6.45, 7) is 5.16. The number of pyridine rings is 1. The van der Waals surface area contributed by atoms with Crippen LogP contribution in [-0.4, -0.2) is 19.9 Å². The van der Waals surface area contributed by atoms with Crippen molar-refractivity contribution in [2.75, 3.05) is 11.9 Å². The van der Waals surface area contributed by atoms with E-state index >= 15 is 0 Å². The van der Waals surface area contributed by atoms with Gasteiger partial charge in [0.1, 0.15) is 5.82 Å². The SMILES string of the molecule is CCCc1ccc2c(n1)NCCCC2.Cc1ccc(S(N)(=O)=O)cc1. The van der Waals surface area contributed by atoms with E-state index in [1.807, 2.05) is 6.92 Å². The first-order chi connectivity index (χ1) is 11.9. The van der Waals surface area contributed by atoms with Gasteiger partial charge in [0.25, 0.3) is 0 Å². The van der Waals surface area contributed by atoms with Gasteiger partial charge in [0, 0.05) is 12.2 Å². The van der Waals surface area contributed by atoms with Crippen molar-refractivity contribution in [3.63, 3.8) is 0 Å². The zero-order chi connectivity index (χ0) is 18.3. The van der Waals surface area contributed by atoms with Crippen LogP contribution in [0.5, 0.6) is 0 Å². The average Bonchev–Trinajstić information content (AvgIpc) is 2.80. The molecule has 1 aromatic carbocycles. The predicted molar refractivity (Wildman–Crippen MR) is 102 cm³/mol. The molecule has 6 heteroatoms. The number of aromatic nitrogens is 1. The molecular weight excluding hydrogens is 334 g/mol. The van der Waals surface area contributed by atoms with E-state index in [1.165, 1.54) is 49.1 Å². The standard InChI is InChI=1S/C12H18N2.C7H9NO2S/c1-2-5-11-8-7-10-6-3-4-9-13-12(10)14-11;1-6-2-4-7(5-3-6)11(8,9)10/h7-8H,2-6,9H2,1H3,(H,13,14);2-5H,1H3,(H2,8,9,10). The summed E-state index contributed by atoms with van der Waals surface area (Å²) in [7, 11) is -3.52. The number of nitrogens with zero attached hydrogens (tertiary/aromatic N) is 1. The number of benzene rings is 1. The average molecular weight is 362 g/mol. The molecule has 1 aliphatic heterocycles. The number of fused-ring (bicyclic) bond motifs is 1. The second-order valence-electron chi connectivity index (χ2n) is 6.30. The molecular formula is C19H27N3O2S. The summed E-state index contributed by atoms with van der Waals surface area (Å²) in [6.07, 6.45) is 6.00. The van der Waals surface area contributed by atoms with Crippen LogP contribution in [0.2, 0.25) is 0 Å². The Balaban J connectivity index is 0.000000186. The van der Waals surface area contributed by atoms with E-state index < -0.39 is 10.0 Å². The number of sulfonamides is 1. The third-order valence-electron chi connectivity index (χ3n) is 4.06. The fourth-order valence-corrected chi connectivity index (χ4v) is 3.17. The van der Waals surface area contributed by atoms with Gasteiger partial charge in [-0.1, -0.05) is 37.1 Å². The molecule has 0 aliphatic carbocycles. The van der Waals surface area contributed by atoms with Gasteiger partial charge in [-0.25, -0.2) is 18.5 Å². The Morgan fingerprint density at radius 3 is 2.48 bits per heavy atom. The molecule has 3 rings (SSSR count). The highest BCUT2D eigenvalue weighted by Crippen LogP contribution is 2.19. The number of hydrogen-bond donors (Lipinski definition) is 2. The van der Waals surface area contributed by atoms with Crippen LogP contribution >= 0.6 is 0 Å². The summed E-state index contributed by atoms with van der Waals surface area (Å²) >= 11 is 0. The van der Waals surface area contributed by atoms with Crippen LogP contribution in [0.4, 0.5) is 5.82 Å². The molecule has 0 unspecified atom stereocenters. The van der Waals surface area contributed by atoms with Crippen LogP contribution in [-0.2, 0) is 22.9 Å². The molecule has 3 N–H and O–H groups in total. The topological polar surface area (TPSA) is 85.1 Å². The molecule has 1 aliphatic rings. The maximum Gasteiger partial charge on any atom is 0.238 e. The molecule has 2 aromatic rings. The van der Waals surface area contributed by atoms with Gasteiger partial charge < -0.3 is 5.32 Å². The van der Waals surface area contributed by atoms with Crippen LogP contribution in [0.3, 0.4) is 0 Å². The fourth-order valence-electron chi connectivity index (χ4n) is 2.65. The molecule has 5 nitrogen and oxygen atoms in total. The van der Waals surface area contributed by atoms with Crippen LogP contribution in [0.1, 0.15) is 43.0 Å². The molecule has 0 saturated carbocycles. The first-order valence-electron chi connectivity index (χ1n) is 8.72. The van der Waals surface area contributed by atoms with Gasteiger partial charge in [-0.2, -0.15) is 0 Å². The maximum atomic E-state index is 10.7. The molecule has 1 aromatic heterocycles. The van der Waals surface area contributed by atoms with Gasteiger partial charge >= 0.3 is 0 Å². The number of aryl methyl sites for hydroxylation is 3. The second kappa shape index (κ2) is 8.97. The van der Waals surface area contributed by atoms with E-state index in [2.05, 4.69) is 29.4 Å². The first kappa shape index (κ1) is 19.4. The molecule has 0 atom stereocenters. The van der Waals surface area contributed by atoms with Gasteiger partial charge in [-0.05, 0) is 56.4 Å². The Morgan fingerprint density at radius 2 is 1.84 bits per heavy atom. The highest BCUT2D eigenvalue weighted by Gasteiger charge is 2.08. The lowest BCUT2D eigenvalue weighted by Crippen LogP contribution is -2.11. The maximum absolute atomic E-state index is 10.7. The van der Waals surface area contributed by atoms with Crippen molar-refractivity contribution >= 4 is 15.8 Å². The zero-order valence-electron chi connectivity index (χ0n) is 15.0. The van der Waals surface area contributed by atoms with E-state index in [0.29, 0.717) is 0 Å².